The highest BCUT2D eigenvalue weighted by Gasteiger charge is 2.49. The maximum atomic E-state index is 12.0. The zero-order valence-electron chi connectivity index (χ0n) is 12.2. The number of nitrogens with zero attached hydrogens (tertiary/aromatic N) is 3. The van der Waals surface area contributed by atoms with Gasteiger partial charge in [0, 0.05) is 24.5 Å². The van der Waals surface area contributed by atoms with Crippen molar-refractivity contribution in [2.75, 3.05) is 18.0 Å². The monoisotopic (exact) mass is 309 g/mol. The fourth-order valence-corrected chi connectivity index (χ4v) is 3.58. The summed E-state index contributed by atoms with van der Waals surface area (Å²) in [5.74, 6) is 1.13. The topological polar surface area (TPSA) is 87.2 Å². The molecule has 7 nitrogen and oxygen atoms in total. The van der Waals surface area contributed by atoms with Gasteiger partial charge in [-0.1, -0.05) is 13.8 Å². The number of anilines is 1. The fraction of sp³-hybridized carbons (Fsp3) is 0.692. The van der Waals surface area contributed by atoms with Gasteiger partial charge in [0.05, 0.1) is 6.54 Å². The standard InChI is InChI=1S/C13H19N5O2S/c1-8(2)6-9-14-12(21-17-9)18-5-3-4-13(7-18)10(19)15-11(20)16-13/h8H,3-7H2,1-2H3,(H2,15,16,19,20). The predicted molar refractivity (Wildman–Crippen MR) is 79.3 cm³/mol. The molecule has 0 radical (unpaired) electrons. The van der Waals surface area contributed by atoms with Gasteiger partial charge in [-0.3, -0.25) is 10.1 Å². The first-order valence-corrected chi connectivity index (χ1v) is 7.97. The van der Waals surface area contributed by atoms with Crippen LogP contribution in [0, 0.1) is 5.92 Å². The van der Waals surface area contributed by atoms with E-state index >= 15 is 0 Å². The lowest BCUT2D eigenvalue weighted by atomic mass is 9.89. The van der Waals surface area contributed by atoms with Crippen LogP contribution in [0.25, 0.3) is 0 Å². The van der Waals surface area contributed by atoms with Gasteiger partial charge in [-0.15, -0.1) is 0 Å². The van der Waals surface area contributed by atoms with Crippen LogP contribution in [-0.2, 0) is 11.2 Å². The average molecular weight is 309 g/mol. The zero-order valence-corrected chi connectivity index (χ0v) is 13.0. The quantitative estimate of drug-likeness (QED) is 0.811. The molecule has 2 aliphatic heterocycles. The second kappa shape index (κ2) is 5.25. The molecule has 1 aromatic heterocycles. The Morgan fingerprint density at radius 3 is 2.90 bits per heavy atom. The highest BCUT2D eigenvalue weighted by Crippen LogP contribution is 2.29. The number of rotatable bonds is 3. The van der Waals surface area contributed by atoms with Gasteiger partial charge >= 0.3 is 6.03 Å². The molecule has 1 unspecified atom stereocenters. The molecule has 2 saturated heterocycles. The van der Waals surface area contributed by atoms with Gasteiger partial charge in [-0.25, -0.2) is 9.78 Å². The Bertz CT molecular complexity index is 573. The molecule has 0 saturated carbocycles. The van der Waals surface area contributed by atoms with E-state index in [4.69, 9.17) is 0 Å². The van der Waals surface area contributed by atoms with Crippen LogP contribution in [0.15, 0.2) is 0 Å². The van der Waals surface area contributed by atoms with E-state index in [0.717, 1.165) is 30.3 Å². The molecule has 0 aliphatic carbocycles. The van der Waals surface area contributed by atoms with Crippen LogP contribution in [0.4, 0.5) is 9.93 Å². The van der Waals surface area contributed by atoms with Crippen molar-refractivity contribution >= 4 is 28.6 Å². The molecular formula is C13H19N5O2S. The van der Waals surface area contributed by atoms with Crippen molar-refractivity contribution in [3.63, 3.8) is 0 Å². The number of piperidine rings is 1. The third-order valence-corrected chi connectivity index (χ3v) is 4.64. The summed E-state index contributed by atoms with van der Waals surface area (Å²) in [4.78, 5) is 30.1. The minimum Gasteiger partial charge on any atom is -0.344 e. The highest BCUT2D eigenvalue weighted by atomic mass is 32.1. The van der Waals surface area contributed by atoms with Gasteiger partial charge in [0.2, 0.25) is 5.13 Å². The molecule has 1 atom stereocenters. The minimum atomic E-state index is -0.806. The summed E-state index contributed by atoms with van der Waals surface area (Å²) in [5, 5.41) is 5.94. The van der Waals surface area contributed by atoms with E-state index < -0.39 is 11.6 Å². The summed E-state index contributed by atoms with van der Waals surface area (Å²) in [6.45, 7) is 5.56. The third-order valence-electron chi connectivity index (χ3n) is 3.83. The fourth-order valence-electron chi connectivity index (χ4n) is 2.86. The van der Waals surface area contributed by atoms with Crippen LogP contribution in [0.1, 0.15) is 32.5 Å². The van der Waals surface area contributed by atoms with E-state index in [0.29, 0.717) is 18.9 Å². The molecule has 2 fully saturated rings. The average Bonchev–Trinajstić information content (AvgIpc) is 2.95. The van der Waals surface area contributed by atoms with Crippen molar-refractivity contribution in [3.8, 4) is 0 Å². The van der Waals surface area contributed by atoms with Gasteiger partial charge in [0.25, 0.3) is 5.91 Å². The highest BCUT2D eigenvalue weighted by molar-refractivity contribution is 7.09. The van der Waals surface area contributed by atoms with Crippen molar-refractivity contribution < 1.29 is 9.59 Å². The maximum absolute atomic E-state index is 12.0. The van der Waals surface area contributed by atoms with Crippen molar-refractivity contribution in [2.24, 2.45) is 5.92 Å². The third kappa shape index (κ3) is 2.72. The van der Waals surface area contributed by atoms with Gasteiger partial charge in [0.1, 0.15) is 11.4 Å². The van der Waals surface area contributed by atoms with Gasteiger partial charge < -0.3 is 10.2 Å². The van der Waals surface area contributed by atoms with Gasteiger partial charge in [0.15, 0.2) is 0 Å². The summed E-state index contributed by atoms with van der Waals surface area (Å²) < 4.78 is 4.38. The van der Waals surface area contributed by atoms with Crippen LogP contribution in [-0.4, -0.2) is 39.9 Å². The number of amides is 3. The Hall–Kier alpha value is -1.70. The van der Waals surface area contributed by atoms with Crippen LogP contribution < -0.4 is 15.5 Å². The first-order chi connectivity index (χ1) is 9.98. The molecule has 21 heavy (non-hydrogen) atoms. The van der Waals surface area contributed by atoms with Gasteiger partial charge in [-0.05, 0) is 18.8 Å². The van der Waals surface area contributed by atoms with Crippen molar-refractivity contribution in [1.82, 2.24) is 20.0 Å². The molecule has 3 amide bonds. The first-order valence-electron chi connectivity index (χ1n) is 7.20. The number of aromatic nitrogens is 2. The van der Waals surface area contributed by atoms with Gasteiger partial charge in [-0.2, -0.15) is 4.37 Å². The summed E-state index contributed by atoms with van der Waals surface area (Å²) in [6.07, 6.45) is 2.36. The van der Waals surface area contributed by atoms with Crippen molar-refractivity contribution in [2.45, 2.75) is 38.6 Å². The van der Waals surface area contributed by atoms with Crippen LogP contribution >= 0.6 is 11.5 Å². The lowest BCUT2D eigenvalue weighted by Gasteiger charge is -2.37. The molecule has 0 aromatic carbocycles. The van der Waals surface area contributed by atoms with Crippen molar-refractivity contribution in [1.29, 1.82) is 0 Å². The number of hydrogen-bond donors (Lipinski definition) is 2. The Balaban J connectivity index is 1.76. The Kier molecular flexibility index (Phi) is 3.56. The summed E-state index contributed by atoms with van der Waals surface area (Å²) in [6, 6.07) is -0.403. The van der Waals surface area contributed by atoms with E-state index in [9.17, 15) is 9.59 Å². The molecule has 3 heterocycles. The van der Waals surface area contributed by atoms with E-state index in [1.807, 2.05) is 0 Å². The summed E-state index contributed by atoms with van der Waals surface area (Å²) >= 11 is 1.36. The molecule has 1 spiro atoms. The first kappa shape index (κ1) is 14.2. The summed E-state index contributed by atoms with van der Waals surface area (Å²) in [7, 11) is 0. The van der Waals surface area contributed by atoms with E-state index in [-0.39, 0.29) is 5.91 Å². The molecule has 2 N–H and O–H groups in total. The summed E-state index contributed by atoms with van der Waals surface area (Å²) in [5.41, 5.74) is -0.806. The number of carbonyl (C=O) groups is 2. The SMILES string of the molecule is CC(C)Cc1nsc(N2CCCC3(C2)NC(=O)NC3=O)n1. The normalized spacial score (nSPS) is 25.6. The lowest BCUT2D eigenvalue weighted by molar-refractivity contribution is -0.124. The van der Waals surface area contributed by atoms with Crippen LogP contribution in [0.5, 0.6) is 0 Å². The lowest BCUT2D eigenvalue weighted by Crippen LogP contribution is -2.58. The molecular weight excluding hydrogens is 290 g/mol. The molecule has 0 bridgehead atoms. The molecule has 3 rings (SSSR count). The van der Waals surface area contributed by atoms with E-state index in [2.05, 4.69) is 38.7 Å². The second-order valence-electron chi connectivity index (χ2n) is 6.11. The number of imide groups is 1. The number of hydrogen-bond acceptors (Lipinski definition) is 6. The molecule has 2 aliphatic rings. The van der Waals surface area contributed by atoms with Crippen LogP contribution in [0.3, 0.4) is 0 Å². The largest absolute Gasteiger partial charge is 0.344 e. The van der Waals surface area contributed by atoms with E-state index in [1.165, 1.54) is 11.5 Å². The van der Waals surface area contributed by atoms with E-state index in [1.54, 1.807) is 0 Å². The minimum absolute atomic E-state index is 0.232. The molecule has 114 valence electrons. The smallest absolute Gasteiger partial charge is 0.322 e. The van der Waals surface area contributed by atoms with Crippen molar-refractivity contribution in [3.05, 3.63) is 5.82 Å². The predicted octanol–water partition coefficient (Wildman–Crippen LogP) is 0.915. The second-order valence-corrected chi connectivity index (χ2v) is 6.84. The molecule has 8 heteroatoms. The Labute approximate surface area is 127 Å². The Morgan fingerprint density at radius 1 is 1.43 bits per heavy atom. The zero-order chi connectivity index (χ0) is 15.0. The Morgan fingerprint density at radius 2 is 2.24 bits per heavy atom. The number of urea groups is 1. The molecule has 1 aromatic rings. The number of nitrogens with one attached hydrogen (secondary N) is 2. The maximum Gasteiger partial charge on any atom is 0.322 e. The number of carbonyl (C=O) groups excluding carboxylic acids is 2. The van der Waals surface area contributed by atoms with Crippen LogP contribution in [0.2, 0.25) is 0 Å².